The van der Waals surface area contributed by atoms with Crippen LogP contribution in [0, 0.1) is 0 Å². The third-order valence-electron chi connectivity index (χ3n) is 5.53. The fourth-order valence-electron chi connectivity index (χ4n) is 3.96. The van der Waals surface area contributed by atoms with E-state index in [1.807, 2.05) is 28.8 Å². The minimum atomic E-state index is -2.51. The number of fused-ring (bicyclic) bond motifs is 1. The Balaban J connectivity index is 1.33. The van der Waals surface area contributed by atoms with Gasteiger partial charge in [0, 0.05) is 26.0 Å². The maximum Gasteiger partial charge on any atom is 0.300 e. The Morgan fingerprint density at radius 2 is 1.97 bits per heavy atom. The molecule has 0 bridgehead atoms. The molecule has 156 valence electrons. The Morgan fingerprint density at radius 3 is 2.66 bits per heavy atom. The van der Waals surface area contributed by atoms with Crippen molar-refractivity contribution in [2.24, 2.45) is 0 Å². The molecule has 8 heteroatoms. The van der Waals surface area contributed by atoms with Crippen molar-refractivity contribution in [3.63, 3.8) is 0 Å². The monoisotopic (exact) mass is 406 g/mol. The van der Waals surface area contributed by atoms with Gasteiger partial charge in [-0.25, -0.2) is 8.78 Å². The van der Waals surface area contributed by atoms with Gasteiger partial charge in [0.2, 0.25) is 5.92 Å². The lowest BCUT2D eigenvalue weighted by atomic mass is 9.82. The van der Waals surface area contributed by atoms with E-state index in [9.17, 15) is 13.6 Å². The van der Waals surface area contributed by atoms with Crippen LogP contribution in [-0.4, -0.2) is 35.3 Å². The Hall–Kier alpha value is -2.48. The minimum Gasteiger partial charge on any atom is -0.490 e. The second kappa shape index (κ2) is 8.10. The number of hydrogen-bond acceptors (Lipinski definition) is 5. The van der Waals surface area contributed by atoms with E-state index in [4.69, 9.17) is 14.2 Å². The van der Waals surface area contributed by atoms with Gasteiger partial charge in [-0.2, -0.15) is 4.98 Å². The van der Waals surface area contributed by atoms with Gasteiger partial charge in [0.1, 0.15) is 12.4 Å². The van der Waals surface area contributed by atoms with Crippen molar-refractivity contribution in [1.29, 1.82) is 0 Å². The van der Waals surface area contributed by atoms with E-state index in [2.05, 4.69) is 4.98 Å². The van der Waals surface area contributed by atoms with Crippen molar-refractivity contribution < 1.29 is 23.0 Å². The summed E-state index contributed by atoms with van der Waals surface area (Å²) >= 11 is 0. The van der Waals surface area contributed by atoms with E-state index in [1.165, 1.54) is 6.07 Å². The lowest BCUT2D eigenvalue weighted by molar-refractivity contribution is -0.0382. The van der Waals surface area contributed by atoms with Crippen molar-refractivity contribution in [3.05, 3.63) is 51.9 Å². The first-order valence-corrected chi connectivity index (χ1v) is 9.80. The van der Waals surface area contributed by atoms with E-state index >= 15 is 0 Å². The molecule has 1 aromatic carbocycles. The standard InChI is InChI=1S/C21H24F2N2O4/c1-27-12-16-10-19(26)24-20-25(16)11-18(29-20)13-28-17-4-2-14(3-5-17)15-6-8-21(22,23)9-7-15/h2-5,10,15,18H,6-9,11-13H2,1H3. The second-order valence-corrected chi connectivity index (χ2v) is 7.66. The molecule has 1 aliphatic carbocycles. The highest BCUT2D eigenvalue weighted by atomic mass is 19.3. The number of hydrogen-bond donors (Lipinski definition) is 0. The van der Waals surface area contributed by atoms with Crippen LogP contribution < -0.4 is 15.0 Å². The van der Waals surface area contributed by atoms with E-state index in [0.717, 1.165) is 5.56 Å². The van der Waals surface area contributed by atoms with Crippen molar-refractivity contribution >= 4 is 0 Å². The smallest absolute Gasteiger partial charge is 0.300 e. The highest BCUT2D eigenvalue weighted by Crippen LogP contribution is 2.41. The maximum atomic E-state index is 13.3. The van der Waals surface area contributed by atoms with Gasteiger partial charge < -0.3 is 14.2 Å². The molecule has 1 aromatic heterocycles. The third-order valence-corrected chi connectivity index (χ3v) is 5.53. The van der Waals surface area contributed by atoms with Crippen molar-refractivity contribution in [3.8, 4) is 11.8 Å². The summed E-state index contributed by atoms with van der Waals surface area (Å²) in [6.45, 7) is 1.13. The lowest BCUT2D eigenvalue weighted by Gasteiger charge is -2.28. The summed E-state index contributed by atoms with van der Waals surface area (Å²) in [6, 6.07) is 9.35. The molecular weight excluding hydrogens is 382 g/mol. The number of methoxy groups -OCH3 is 1. The van der Waals surface area contributed by atoms with Crippen molar-refractivity contribution in [1.82, 2.24) is 9.55 Å². The maximum absolute atomic E-state index is 13.3. The lowest BCUT2D eigenvalue weighted by Crippen LogP contribution is -2.24. The summed E-state index contributed by atoms with van der Waals surface area (Å²) in [4.78, 5) is 15.6. The molecule has 1 fully saturated rings. The number of benzene rings is 1. The van der Waals surface area contributed by atoms with Crippen LogP contribution in [-0.2, 0) is 17.9 Å². The van der Waals surface area contributed by atoms with Gasteiger partial charge in [0.05, 0.1) is 18.8 Å². The largest absolute Gasteiger partial charge is 0.490 e. The predicted molar refractivity (Wildman–Crippen MR) is 102 cm³/mol. The molecule has 2 heterocycles. The van der Waals surface area contributed by atoms with Gasteiger partial charge in [0.15, 0.2) is 6.10 Å². The van der Waals surface area contributed by atoms with Gasteiger partial charge in [-0.05, 0) is 36.5 Å². The summed E-state index contributed by atoms with van der Waals surface area (Å²) in [5.41, 5.74) is 1.43. The normalized spacial score (nSPS) is 20.9. The number of alkyl halides is 2. The summed E-state index contributed by atoms with van der Waals surface area (Å²) in [7, 11) is 1.57. The molecule has 0 N–H and O–H groups in total. The molecule has 2 aliphatic rings. The van der Waals surface area contributed by atoms with Crippen LogP contribution in [0.2, 0.25) is 0 Å². The average Bonchev–Trinajstić information content (AvgIpc) is 3.10. The first kappa shape index (κ1) is 19.8. The van der Waals surface area contributed by atoms with Crippen molar-refractivity contribution in [2.75, 3.05) is 13.7 Å². The van der Waals surface area contributed by atoms with Gasteiger partial charge >= 0.3 is 6.01 Å². The van der Waals surface area contributed by atoms with Crippen LogP contribution in [0.3, 0.4) is 0 Å². The van der Waals surface area contributed by atoms with Crippen LogP contribution in [0.1, 0.15) is 42.9 Å². The van der Waals surface area contributed by atoms with Crippen LogP contribution in [0.4, 0.5) is 8.78 Å². The molecule has 1 saturated carbocycles. The van der Waals surface area contributed by atoms with Crippen LogP contribution in [0.25, 0.3) is 0 Å². The summed E-state index contributed by atoms with van der Waals surface area (Å²) in [6.07, 6.45) is 0.670. The van der Waals surface area contributed by atoms with Gasteiger partial charge in [-0.15, -0.1) is 0 Å². The summed E-state index contributed by atoms with van der Waals surface area (Å²) in [5, 5.41) is 0. The van der Waals surface area contributed by atoms with Crippen LogP contribution >= 0.6 is 0 Å². The summed E-state index contributed by atoms with van der Waals surface area (Å²) < 4.78 is 45.2. The molecule has 0 amide bonds. The molecule has 4 rings (SSSR count). The van der Waals surface area contributed by atoms with Crippen LogP contribution in [0.15, 0.2) is 35.1 Å². The quantitative estimate of drug-likeness (QED) is 0.735. The number of nitrogens with zero attached hydrogens (tertiary/aromatic N) is 2. The Bertz CT molecular complexity index is 904. The zero-order chi connectivity index (χ0) is 20.4. The Morgan fingerprint density at radius 1 is 1.24 bits per heavy atom. The first-order valence-electron chi connectivity index (χ1n) is 9.80. The predicted octanol–water partition coefficient (Wildman–Crippen LogP) is 3.52. The molecule has 0 spiro atoms. The second-order valence-electron chi connectivity index (χ2n) is 7.66. The Kier molecular flexibility index (Phi) is 5.54. The molecular formula is C21H24F2N2O4. The molecule has 1 atom stereocenters. The Labute approximate surface area is 167 Å². The molecule has 1 aliphatic heterocycles. The van der Waals surface area contributed by atoms with E-state index in [1.54, 1.807) is 7.11 Å². The van der Waals surface area contributed by atoms with Gasteiger partial charge in [-0.3, -0.25) is 9.36 Å². The number of aromatic nitrogens is 2. The third kappa shape index (κ3) is 4.58. The molecule has 29 heavy (non-hydrogen) atoms. The average molecular weight is 406 g/mol. The number of ether oxygens (including phenoxy) is 3. The topological polar surface area (TPSA) is 62.6 Å². The number of halogens is 2. The SMILES string of the molecule is COCc1cc(=O)nc2n1CC(COc1ccc(C3CCC(F)(F)CC3)cc1)O2. The van der Waals surface area contributed by atoms with Crippen molar-refractivity contribution in [2.45, 2.75) is 56.8 Å². The molecule has 2 aromatic rings. The van der Waals surface area contributed by atoms with E-state index in [-0.39, 0.29) is 36.4 Å². The zero-order valence-corrected chi connectivity index (χ0v) is 16.3. The molecule has 0 saturated heterocycles. The van der Waals surface area contributed by atoms with E-state index in [0.29, 0.717) is 44.0 Å². The highest BCUT2D eigenvalue weighted by molar-refractivity contribution is 5.30. The fourth-order valence-corrected chi connectivity index (χ4v) is 3.96. The van der Waals surface area contributed by atoms with E-state index < -0.39 is 5.92 Å². The molecule has 1 unspecified atom stereocenters. The van der Waals surface area contributed by atoms with Gasteiger partial charge in [0.25, 0.3) is 5.56 Å². The summed E-state index contributed by atoms with van der Waals surface area (Å²) in [5.74, 6) is -1.64. The molecule has 0 radical (unpaired) electrons. The fraction of sp³-hybridized carbons (Fsp3) is 0.524. The van der Waals surface area contributed by atoms with Crippen LogP contribution in [0.5, 0.6) is 11.8 Å². The molecule has 6 nitrogen and oxygen atoms in total. The highest BCUT2D eigenvalue weighted by Gasteiger charge is 2.35. The van der Waals surface area contributed by atoms with Gasteiger partial charge in [-0.1, -0.05) is 12.1 Å². The minimum absolute atomic E-state index is 0.0443. The number of rotatable bonds is 6. The zero-order valence-electron chi connectivity index (χ0n) is 16.3. The first-order chi connectivity index (χ1) is 13.9.